The van der Waals surface area contributed by atoms with Crippen LogP contribution in [-0.4, -0.2) is 20.6 Å². The molecule has 0 unspecified atom stereocenters. The van der Waals surface area contributed by atoms with Crippen molar-refractivity contribution in [2.24, 2.45) is 16.1 Å². The molecule has 1 N–H and O–H groups in total. The molecule has 6 heteroatoms. The van der Waals surface area contributed by atoms with Gasteiger partial charge in [-0.2, -0.15) is 0 Å². The van der Waals surface area contributed by atoms with E-state index in [9.17, 15) is 9.90 Å². The minimum atomic E-state index is -0.495. The summed E-state index contributed by atoms with van der Waals surface area (Å²) in [6.45, 7) is 6.77. The summed E-state index contributed by atoms with van der Waals surface area (Å²) < 4.78 is 1.81. The molecule has 0 aliphatic rings. The number of aromatic nitrogens is 2. The van der Waals surface area contributed by atoms with E-state index in [0.29, 0.717) is 23.7 Å². The SMILES string of the molecule is Cc1ccc2c(c1)c(N=NC(=O)c1cccnc1)c(O)n2CC(C)C. The van der Waals surface area contributed by atoms with Crippen LogP contribution in [0.5, 0.6) is 5.88 Å². The number of aryl methyl sites for hydroxylation is 1. The minimum Gasteiger partial charge on any atom is -0.493 e. The van der Waals surface area contributed by atoms with Crippen molar-refractivity contribution >= 4 is 22.5 Å². The first-order valence-corrected chi connectivity index (χ1v) is 8.15. The monoisotopic (exact) mass is 336 g/mol. The number of rotatable bonds is 4. The number of aromatic hydroxyl groups is 1. The van der Waals surface area contributed by atoms with Crippen molar-refractivity contribution in [1.29, 1.82) is 0 Å². The van der Waals surface area contributed by atoms with Gasteiger partial charge in [0.15, 0.2) is 5.69 Å². The molecule has 2 aromatic heterocycles. The van der Waals surface area contributed by atoms with Crippen LogP contribution in [0, 0.1) is 12.8 Å². The van der Waals surface area contributed by atoms with Crippen molar-refractivity contribution in [3.8, 4) is 5.88 Å². The number of pyridine rings is 1. The number of azo groups is 1. The highest BCUT2D eigenvalue weighted by Crippen LogP contribution is 2.39. The Labute approximate surface area is 145 Å². The predicted molar refractivity (Wildman–Crippen MR) is 96.3 cm³/mol. The molecule has 0 saturated carbocycles. The fourth-order valence-corrected chi connectivity index (χ4v) is 2.73. The molecule has 3 rings (SSSR count). The van der Waals surface area contributed by atoms with E-state index in [1.165, 1.54) is 6.20 Å². The van der Waals surface area contributed by atoms with Gasteiger partial charge in [-0.15, -0.1) is 10.2 Å². The van der Waals surface area contributed by atoms with Gasteiger partial charge in [-0.3, -0.25) is 9.78 Å². The largest absolute Gasteiger partial charge is 0.493 e. The first-order chi connectivity index (χ1) is 12.0. The first kappa shape index (κ1) is 16.8. The Balaban J connectivity index is 2.06. The van der Waals surface area contributed by atoms with Crippen LogP contribution in [0.3, 0.4) is 0 Å². The second-order valence-corrected chi connectivity index (χ2v) is 6.44. The van der Waals surface area contributed by atoms with Gasteiger partial charge in [0.05, 0.1) is 11.1 Å². The van der Waals surface area contributed by atoms with Crippen LogP contribution < -0.4 is 0 Å². The summed E-state index contributed by atoms with van der Waals surface area (Å²) >= 11 is 0. The normalized spacial score (nSPS) is 11.7. The first-order valence-electron chi connectivity index (χ1n) is 8.15. The van der Waals surface area contributed by atoms with Gasteiger partial charge in [-0.05, 0) is 37.1 Å². The van der Waals surface area contributed by atoms with Gasteiger partial charge in [0.2, 0.25) is 5.88 Å². The molecule has 6 nitrogen and oxygen atoms in total. The highest BCUT2D eigenvalue weighted by Gasteiger charge is 2.18. The molecule has 1 aromatic carbocycles. The maximum atomic E-state index is 12.1. The third-order valence-corrected chi connectivity index (χ3v) is 3.86. The van der Waals surface area contributed by atoms with Crippen LogP contribution in [0.25, 0.3) is 10.9 Å². The molecule has 0 saturated heterocycles. The maximum absolute atomic E-state index is 12.1. The Hall–Kier alpha value is -3.02. The highest BCUT2D eigenvalue weighted by atomic mass is 16.3. The number of hydrogen-bond donors (Lipinski definition) is 1. The molecule has 0 fully saturated rings. The van der Waals surface area contributed by atoms with Gasteiger partial charge < -0.3 is 9.67 Å². The van der Waals surface area contributed by atoms with Crippen molar-refractivity contribution in [3.05, 3.63) is 53.9 Å². The Morgan fingerprint density at radius 1 is 1.32 bits per heavy atom. The lowest BCUT2D eigenvalue weighted by Crippen LogP contribution is -2.03. The molecule has 0 aliphatic heterocycles. The third kappa shape index (κ3) is 3.42. The zero-order valence-corrected chi connectivity index (χ0v) is 14.5. The van der Waals surface area contributed by atoms with E-state index in [1.54, 1.807) is 18.3 Å². The summed E-state index contributed by atoms with van der Waals surface area (Å²) in [6, 6.07) is 9.17. The number of carbonyl (C=O) groups excluding carboxylic acids is 1. The smallest absolute Gasteiger partial charge is 0.296 e. The van der Waals surface area contributed by atoms with E-state index in [2.05, 4.69) is 29.1 Å². The maximum Gasteiger partial charge on any atom is 0.296 e. The standard InChI is InChI=1S/C19H20N4O2/c1-12(2)11-23-16-7-6-13(3)9-15(16)17(19(23)25)21-22-18(24)14-5-4-8-20-10-14/h4-10,12,25H,11H2,1-3H3. The van der Waals surface area contributed by atoms with Gasteiger partial charge in [-0.1, -0.05) is 25.5 Å². The highest BCUT2D eigenvalue weighted by molar-refractivity contribution is 5.97. The summed E-state index contributed by atoms with van der Waals surface area (Å²) in [5, 5.41) is 19.2. The predicted octanol–water partition coefficient (Wildman–Crippen LogP) is 4.63. The molecular formula is C19H20N4O2. The van der Waals surface area contributed by atoms with Crippen LogP contribution in [-0.2, 0) is 6.54 Å². The second kappa shape index (κ2) is 6.84. The number of benzene rings is 1. The summed E-state index contributed by atoms with van der Waals surface area (Å²) in [5.74, 6) is -0.119. The van der Waals surface area contributed by atoms with E-state index < -0.39 is 5.91 Å². The molecule has 0 bridgehead atoms. The molecule has 3 aromatic rings. The minimum absolute atomic E-state index is 0.0250. The fraction of sp³-hybridized carbons (Fsp3) is 0.263. The van der Waals surface area contributed by atoms with Crippen LogP contribution in [0.15, 0.2) is 53.0 Å². The topological polar surface area (TPSA) is 79.8 Å². The lowest BCUT2D eigenvalue weighted by molar-refractivity contribution is 0.0994. The van der Waals surface area contributed by atoms with Gasteiger partial charge in [0.25, 0.3) is 5.91 Å². The van der Waals surface area contributed by atoms with Crippen molar-refractivity contribution in [1.82, 2.24) is 9.55 Å². The molecule has 1 amide bonds. The van der Waals surface area contributed by atoms with E-state index in [4.69, 9.17) is 0 Å². The summed E-state index contributed by atoms with van der Waals surface area (Å²) in [5.41, 5.74) is 2.59. The van der Waals surface area contributed by atoms with E-state index in [0.717, 1.165) is 16.5 Å². The molecule has 2 heterocycles. The number of amides is 1. The van der Waals surface area contributed by atoms with E-state index >= 15 is 0 Å². The van der Waals surface area contributed by atoms with Gasteiger partial charge in [0.1, 0.15) is 0 Å². The third-order valence-electron chi connectivity index (χ3n) is 3.86. The van der Waals surface area contributed by atoms with E-state index in [1.807, 2.05) is 29.7 Å². The summed E-state index contributed by atoms with van der Waals surface area (Å²) in [6.07, 6.45) is 3.02. The number of carbonyl (C=O) groups is 1. The molecular weight excluding hydrogens is 316 g/mol. The zero-order valence-electron chi connectivity index (χ0n) is 14.5. The molecule has 25 heavy (non-hydrogen) atoms. The molecule has 128 valence electrons. The van der Waals surface area contributed by atoms with Crippen LogP contribution >= 0.6 is 0 Å². The summed E-state index contributed by atoms with van der Waals surface area (Å²) in [7, 11) is 0. The van der Waals surface area contributed by atoms with Crippen molar-refractivity contribution in [2.75, 3.05) is 0 Å². The Bertz CT molecular complexity index is 943. The van der Waals surface area contributed by atoms with Gasteiger partial charge in [0, 0.05) is 24.3 Å². The fourth-order valence-electron chi connectivity index (χ4n) is 2.73. The molecule has 0 atom stereocenters. The second-order valence-electron chi connectivity index (χ2n) is 6.44. The van der Waals surface area contributed by atoms with Gasteiger partial charge >= 0.3 is 0 Å². The summed E-state index contributed by atoms with van der Waals surface area (Å²) in [4.78, 5) is 16.0. The van der Waals surface area contributed by atoms with Crippen molar-refractivity contribution in [3.63, 3.8) is 0 Å². The lowest BCUT2D eigenvalue weighted by atomic mass is 10.1. The molecule has 0 spiro atoms. The van der Waals surface area contributed by atoms with Crippen molar-refractivity contribution < 1.29 is 9.90 Å². The number of nitrogens with zero attached hydrogens (tertiary/aromatic N) is 4. The van der Waals surface area contributed by atoms with Crippen LogP contribution in [0.2, 0.25) is 0 Å². The van der Waals surface area contributed by atoms with E-state index in [-0.39, 0.29) is 5.88 Å². The van der Waals surface area contributed by atoms with Crippen LogP contribution in [0.1, 0.15) is 29.8 Å². The van der Waals surface area contributed by atoms with Gasteiger partial charge in [-0.25, -0.2) is 0 Å². The molecule has 0 aliphatic carbocycles. The quantitative estimate of drug-likeness (QED) is 0.705. The van der Waals surface area contributed by atoms with Crippen LogP contribution in [0.4, 0.5) is 5.69 Å². The Morgan fingerprint density at radius 3 is 2.80 bits per heavy atom. The average Bonchev–Trinajstić information content (AvgIpc) is 2.84. The zero-order chi connectivity index (χ0) is 18.0. The molecule has 0 radical (unpaired) electrons. The number of hydrogen-bond acceptors (Lipinski definition) is 4. The average molecular weight is 336 g/mol. The Morgan fingerprint density at radius 2 is 2.12 bits per heavy atom. The number of fused-ring (bicyclic) bond motifs is 1. The lowest BCUT2D eigenvalue weighted by Gasteiger charge is -2.09. The van der Waals surface area contributed by atoms with Crippen molar-refractivity contribution in [2.45, 2.75) is 27.3 Å². The Kier molecular flexibility index (Phi) is 4.61.